The van der Waals surface area contributed by atoms with Crippen LogP contribution >= 0.6 is 11.8 Å². The summed E-state index contributed by atoms with van der Waals surface area (Å²) in [5, 5.41) is 12.4. The van der Waals surface area contributed by atoms with Crippen molar-refractivity contribution in [2.45, 2.75) is 37.5 Å². The van der Waals surface area contributed by atoms with Crippen LogP contribution in [-0.2, 0) is 5.54 Å². The fraction of sp³-hybridized carbons (Fsp3) is 0.316. The zero-order valence-electron chi connectivity index (χ0n) is 15.3. The first-order chi connectivity index (χ1) is 12.6. The summed E-state index contributed by atoms with van der Waals surface area (Å²) in [6.07, 6.45) is 1.78. The highest BCUT2D eigenvalue weighted by Gasteiger charge is 2.40. The summed E-state index contributed by atoms with van der Waals surface area (Å²) in [5.74, 6) is -0.894. The molecule has 0 aliphatic carbocycles. The lowest BCUT2D eigenvalue weighted by molar-refractivity contribution is 0.102. The van der Waals surface area contributed by atoms with E-state index in [2.05, 4.69) is 15.3 Å². The van der Waals surface area contributed by atoms with Crippen LogP contribution in [0.3, 0.4) is 0 Å². The Morgan fingerprint density at radius 1 is 1.30 bits per heavy atom. The van der Waals surface area contributed by atoms with Gasteiger partial charge in [-0.1, -0.05) is 25.6 Å². The van der Waals surface area contributed by atoms with E-state index in [4.69, 9.17) is 5.73 Å². The van der Waals surface area contributed by atoms with Crippen LogP contribution in [0.5, 0.6) is 5.75 Å². The summed E-state index contributed by atoms with van der Waals surface area (Å²) in [7, 11) is 0. The van der Waals surface area contributed by atoms with Gasteiger partial charge in [0.05, 0.1) is 11.7 Å². The highest BCUT2D eigenvalue weighted by atomic mass is 32.2. The smallest absolute Gasteiger partial charge is 0.274 e. The van der Waals surface area contributed by atoms with Gasteiger partial charge < -0.3 is 16.2 Å². The molecule has 4 N–H and O–H groups in total. The van der Waals surface area contributed by atoms with E-state index in [-0.39, 0.29) is 16.2 Å². The first-order valence-electron chi connectivity index (χ1n) is 8.39. The molecule has 2 aromatic rings. The number of hydrogen-bond donors (Lipinski definition) is 3. The van der Waals surface area contributed by atoms with Crippen LogP contribution in [0.15, 0.2) is 41.5 Å². The van der Waals surface area contributed by atoms with E-state index in [1.54, 1.807) is 6.07 Å². The minimum atomic E-state index is -0.833. The van der Waals surface area contributed by atoms with Crippen LogP contribution in [0, 0.1) is 5.82 Å². The number of nitrogens with one attached hydrogen (secondary N) is 1. The quantitative estimate of drug-likeness (QED) is 0.745. The number of carbonyl (C=O) groups is 1. The molecule has 1 aromatic heterocycles. The molecule has 27 heavy (non-hydrogen) atoms. The third-order valence-corrected chi connectivity index (χ3v) is 5.29. The van der Waals surface area contributed by atoms with Gasteiger partial charge in [0.15, 0.2) is 5.17 Å². The number of aromatic nitrogens is 1. The average molecular weight is 388 g/mol. The number of anilines is 1. The van der Waals surface area contributed by atoms with Crippen molar-refractivity contribution in [3.63, 3.8) is 0 Å². The van der Waals surface area contributed by atoms with Crippen LogP contribution in [0.1, 0.15) is 43.2 Å². The first-order valence-corrected chi connectivity index (χ1v) is 9.20. The highest BCUT2D eigenvalue weighted by Crippen LogP contribution is 2.45. The zero-order valence-corrected chi connectivity index (χ0v) is 16.1. The minimum Gasteiger partial charge on any atom is -0.506 e. The number of nitrogens with zero attached hydrogens (tertiary/aromatic N) is 2. The third-order valence-electron chi connectivity index (χ3n) is 4.29. The van der Waals surface area contributed by atoms with Crippen molar-refractivity contribution in [3.8, 4) is 5.75 Å². The molecule has 142 valence electrons. The molecule has 1 atom stereocenters. The Labute approximate surface area is 161 Å². The van der Waals surface area contributed by atoms with E-state index >= 15 is 0 Å². The molecule has 1 aromatic carbocycles. The molecule has 0 fully saturated rings. The molecule has 0 unspecified atom stereocenters. The molecular weight excluding hydrogens is 367 g/mol. The van der Waals surface area contributed by atoms with Crippen molar-refractivity contribution >= 4 is 28.5 Å². The van der Waals surface area contributed by atoms with Crippen molar-refractivity contribution in [1.82, 2.24) is 4.98 Å². The second-order valence-corrected chi connectivity index (χ2v) is 9.04. The van der Waals surface area contributed by atoms with Gasteiger partial charge in [-0.3, -0.25) is 9.79 Å². The molecular formula is C19H21FN4O2S. The SMILES string of the molecule is CC1(C)C[C@@](C)(c2cc(NC(=O)c3ccc(O)cn3)ccc2F)N=C(N)S1. The number of aliphatic imine (C=N–C) groups is 1. The van der Waals surface area contributed by atoms with E-state index in [1.807, 2.05) is 20.8 Å². The van der Waals surface area contributed by atoms with E-state index < -0.39 is 17.3 Å². The van der Waals surface area contributed by atoms with Crippen LogP contribution in [0.2, 0.25) is 0 Å². The van der Waals surface area contributed by atoms with Crippen molar-refractivity contribution in [2.24, 2.45) is 10.7 Å². The number of carbonyl (C=O) groups excluding carboxylic acids is 1. The maximum absolute atomic E-state index is 14.6. The molecule has 0 spiro atoms. The predicted molar refractivity (Wildman–Crippen MR) is 106 cm³/mol. The van der Waals surface area contributed by atoms with Gasteiger partial charge in [-0.05, 0) is 43.7 Å². The number of pyridine rings is 1. The van der Waals surface area contributed by atoms with Gasteiger partial charge in [-0.15, -0.1) is 0 Å². The van der Waals surface area contributed by atoms with E-state index in [9.17, 15) is 14.3 Å². The summed E-state index contributed by atoms with van der Waals surface area (Å²) in [6.45, 7) is 5.92. The molecule has 3 rings (SSSR count). The van der Waals surface area contributed by atoms with Crippen LogP contribution in [0.4, 0.5) is 10.1 Å². The Morgan fingerprint density at radius 2 is 2.04 bits per heavy atom. The van der Waals surface area contributed by atoms with Gasteiger partial charge in [0, 0.05) is 16.0 Å². The van der Waals surface area contributed by atoms with E-state index in [0.29, 0.717) is 22.8 Å². The summed E-state index contributed by atoms with van der Waals surface area (Å²) in [4.78, 5) is 20.7. The van der Waals surface area contributed by atoms with Crippen molar-refractivity contribution in [1.29, 1.82) is 0 Å². The Kier molecular flexibility index (Phi) is 4.86. The third kappa shape index (κ3) is 4.21. The fourth-order valence-corrected chi connectivity index (χ4v) is 4.51. The average Bonchev–Trinajstić information content (AvgIpc) is 2.54. The van der Waals surface area contributed by atoms with Crippen LogP contribution in [0.25, 0.3) is 0 Å². The lowest BCUT2D eigenvalue weighted by Crippen LogP contribution is -2.38. The second-order valence-electron chi connectivity index (χ2n) is 7.31. The van der Waals surface area contributed by atoms with Gasteiger partial charge in [-0.2, -0.15) is 0 Å². The van der Waals surface area contributed by atoms with Gasteiger partial charge in [0.2, 0.25) is 0 Å². The molecule has 0 bridgehead atoms. The van der Waals surface area contributed by atoms with Gasteiger partial charge in [0.1, 0.15) is 17.3 Å². The summed E-state index contributed by atoms with van der Waals surface area (Å²) in [6, 6.07) is 7.15. The van der Waals surface area contributed by atoms with Crippen molar-refractivity contribution < 1.29 is 14.3 Å². The number of amides is 1. The molecule has 0 saturated heterocycles. The van der Waals surface area contributed by atoms with Crippen molar-refractivity contribution in [2.75, 3.05) is 5.32 Å². The normalized spacial score (nSPS) is 21.4. The van der Waals surface area contributed by atoms with E-state index in [1.165, 1.54) is 42.2 Å². The van der Waals surface area contributed by atoms with Gasteiger partial charge in [0.25, 0.3) is 5.91 Å². The minimum absolute atomic E-state index is 0.0308. The van der Waals surface area contributed by atoms with Crippen LogP contribution in [-0.4, -0.2) is 25.9 Å². The number of thioether (sulfide) groups is 1. The number of hydrogen-bond acceptors (Lipinski definition) is 6. The van der Waals surface area contributed by atoms with Crippen molar-refractivity contribution in [3.05, 3.63) is 53.6 Å². The Hall–Kier alpha value is -2.61. The number of amidine groups is 1. The van der Waals surface area contributed by atoms with Crippen LogP contribution < -0.4 is 11.1 Å². The second kappa shape index (κ2) is 6.84. The number of halogens is 1. The largest absolute Gasteiger partial charge is 0.506 e. The molecule has 0 radical (unpaired) electrons. The molecule has 1 aliphatic rings. The number of rotatable bonds is 3. The monoisotopic (exact) mass is 388 g/mol. The molecule has 8 heteroatoms. The topological polar surface area (TPSA) is 101 Å². The maximum Gasteiger partial charge on any atom is 0.274 e. The number of nitrogens with two attached hydrogens (primary N) is 1. The predicted octanol–water partition coefficient (Wildman–Crippen LogP) is 3.62. The van der Waals surface area contributed by atoms with Gasteiger partial charge >= 0.3 is 0 Å². The summed E-state index contributed by atoms with van der Waals surface area (Å²) >= 11 is 1.47. The Morgan fingerprint density at radius 3 is 2.67 bits per heavy atom. The maximum atomic E-state index is 14.6. The molecule has 0 saturated carbocycles. The highest BCUT2D eigenvalue weighted by molar-refractivity contribution is 8.15. The Bertz CT molecular complexity index is 914. The first kappa shape index (κ1) is 19.2. The molecule has 1 amide bonds. The van der Waals surface area contributed by atoms with E-state index in [0.717, 1.165) is 0 Å². The number of benzene rings is 1. The molecule has 2 heterocycles. The summed E-state index contributed by atoms with van der Waals surface area (Å²) < 4.78 is 14.4. The Balaban J connectivity index is 1.92. The lowest BCUT2D eigenvalue weighted by Gasteiger charge is -2.39. The fourth-order valence-electron chi connectivity index (χ4n) is 3.34. The molecule has 1 aliphatic heterocycles. The van der Waals surface area contributed by atoms with Gasteiger partial charge in [-0.25, -0.2) is 9.37 Å². The lowest BCUT2D eigenvalue weighted by atomic mass is 9.83. The zero-order chi connectivity index (χ0) is 19.8. The number of aromatic hydroxyl groups is 1. The standard InChI is InChI=1S/C19H21FN4O2S/c1-18(2)10-19(3,24-17(21)27-18)13-8-11(4-6-14(13)20)23-16(26)15-7-5-12(25)9-22-15/h4-9,25H,10H2,1-3H3,(H2,21,24)(H,23,26)/t19-/m0/s1. The molecule has 6 nitrogen and oxygen atoms in total. The summed E-state index contributed by atoms with van der Waals surface area (Å²) in [5.41, 5.74) is 6.08.